The second-order valence-electron chi connectivity index (χ2n) is 8.03. The van der Waals surface area contributed by atoms with Crippen molar-refractivity contribution in [3.05, 3.63) is 40.9 Å². The number of pyridine rings is 1. The summed E-state index contributed by atoms with van der Waals surface area (Å²) in [7, 11) is -2.82. The van der Waals surface area contributed by atoms with Gasteiger partial charge in [0.15, 0.2) is 0 Å². The zero-order chi connectivity index (χ0) is 21.8. The predicted molar refractivity (Wildman–Crippen MR) is 101 cm³/mol. The minimum absolute atomic E-state index is 0.00527. The molecule has 156 valence electrons. The fourth-order valence-corrected chi connectivity index (χ4v) is 3.47. The van der Waals surface area contributed by atoms with E-state index < -0.39 is 37.3 Å². The molecule has 0 amide bonds. The fourth-order valence-electron chi connectivity index (χ4n) is 3.47. The number of nitrogens with zero attached hydrogens (tertiary/aromatic N) is 1. The van der Waals surface area contributed by atoms with Gasteiger partial charge in [-0.25, -0.2) is 4.98 Å². The molecule has 1 saturated heterocycles. The number of hydrogen-bond acceptors (Lipinski definition) is 6. The maximum absolute atomic E-state index is 13.1. The summed E-state index contributed by atoms with van der Waals surface area (Å²) in [6.07, 6.45) is -4.38. The highest BCUT2D eigenvalue weighted by Gasteiger charge is 2.55. The van der Waals surface area contributed by atoms with E-state index in [2.05, 4.69) is 4.98 Å². The standard InChI is InChI=1S/C18H22B2F3NO5/c1-10-6-13(8-14(24-10)18(21,22)23)20-28-16(3,4)17(5,29-20)9-12-7-11(2)27-15(12)19(25)26/h6-8,25-26H,9H2,1-5H3. The van der Waals surface area contributed by atoms with Crippen LogP contribution in [0.25, 0.3) is 0 Å². The Morgan fingerprint density at radius 1 is 1.10 bits per heavy atom. The number of furan rings is 1. The van der Waals surface area contributed by atoms with Crippen molar-refractivity contribution in [1.29, 1.82) is 0 Å². The number of alkyl halides is 3. The third-order valence-electron chi connectivity index (χ3n) is 5.31. The molecular formula is C18H22B2F3NO5. The SMILES string of the molecule is Cc1cc(B2OC(C)(C)C(C)(Cc3cc(C)oc3B(O)O)O2)cc(C(F)(F)F)n1. The maximum Gasteiger partial charge on any atom is 0.526 e. The van der Waals surface area contributed by atoms with Gasteiger partial charge in [-0.05, 0) is 63.8 Å². The summed E-state index contributed by atoms with van der Waals surface area (Å²) in [5, 5.41) is 19.1. The Hall–Kier alpha value is -1.81. The lowest BCUT2D eigenvalue weighted by Crippen LogP contribution is -2.48. The minimum Gasteiger partial charge on any atom is -0.470 e. The van der Waals surface area contributed by atoms with E-state index in [0.717, 1.165) is 6.07 Å². The third kappa shape index (κ3) is 4.23. The van der Waals surface area contributed by atoms with Crippen LogP contribution in [0.4, 0.5) is 13.2 Å². The van der Waals surface area contributed by atoms with Crippen molar-refractivity contribution in [1.82, 2.24) is 4.98 Å². The Kier molecular flexibility index (Phi) is 5.40. The molecule has 2 N–H and O–H groups in total. The predicted octanol–water partition coefficient (Wildman–Crippen LogP) is 1.51. The molecule has 11 heteroatoms. The van der Waals surface area contributed by atoms with E-state index in [-0.39, 0.29) is 23.2 Å². The summed E-state index contributed by atoms with van der Waals surface area (Å²) in [6.45, 7) is 8.46. The van der Waals surface area contributed by atoms with Gasteiger partial charge in [-0.3, -0.25) is 0 Å². The first kappa shape index (κ1) is 21.9. The van der Waals surface area contributed by atoms with Crippen molar-refractivity contribution in [3.63, 3.8) is 0 Å². The average Bonchev–Trinajstić information content (AvgIpc) is 3.03. The van der Waals surface area contributed by atoms with Gasteiger partial charge in [-0.1, -0.05) is 0 Å². The zero-order valence-electron chi connectivity index (χ0n) is 16.8. The topological polar surface area (TPSA) is 85.0 Å². The lowest BCUT2D eigenvalue weighted by molar-refractivity contribution is -0.141. The number of hydrogen-bond donors (Lipinski definition) is 2. The fraction of sp³-hybridized carbons (Fsp3) is 0.500. The molecule has 1 aliphatic rings. The Labute approximate surface area is 167 Å². The highest BCUT2D eigenvalue weighted by atomic mass is 19.4. The Bertz CT molecular complexity index is 915. The van der Waals surface area contributed by atoms with Crippen LogP contribution in [0.3, 0.4) is 0 Å². The quantitative estimate of drug-likeness (QED) is 0.743. The van der Waals surface area contributed by atoms with Gasteiger partial charge in [-0.15, -0.1) is 0 Å². The van der Waals surface area contributed by atoms with Crippen molar-refractivity contribution in [2.45, 2.75) is 58.4 Å². The first-order valence-electron chi connectivity index (χ1n) is 9.08. The van der Waals surface area contributed by atoms with Gasteiger partial charge in [0.1, 0.15) is 11.4 Å². The van der Waals surface area contributed by atoms with Gasteiger partial charge in [-0.2, -0.15) is 13.2 Å². The second kappa shape index (κ2) is 7.16. The van der Waals surface area contributed by atoms with Crippen LogP contribution in [0.15, 0.2) is 22.6 Å². The van der Waals surface area contributed by atoms with Crippen LogP contribution in [0, 0.1) is 13.8 Å². The molecule has 0 aromatic carbocycles. The Morgan fingerprint density at radius 3 is 2.34 bits per heavy atom. The normalized spacial score (nSPS) is 21.7. The molecule has 0 aliphatic carbocycles. The molecule has 0 bridgehead atoms. The van der Waals surface area contributed by atoms with E-state index in [1.165, 1.54) is 13.0 Å². The van der Waals surface area contributed by atoms with E-state index in [1.807, 2.05) is 0 Å². The summed E-state index contributed by atoms with van der Waals surface area (Å²) in [5.74, 6) is 0.500. The number of aryl methyl sites for hydroxylation is 2. The molecule has 2 aromatic rings. The largest absolute Gasteiger partial charge is 0.526 e. The van der Waals surface area contributed by atoms with Gasteiger partial charge >= 0.3 is 20.4 Å². The molecule has 2 aromatic heterocycles. The summed E-state index contributed by atoms with van der Waals surface area (Å²) in [4.78, 5) is 3.55. The molecule has 3 rings (SSSR count). The first-order chi connectivity index (χ1) is 13.2. The van der Waals surface area contributed by atoms with E-state index in [1.54, 1.807) is 33.8 Å². The van der Waals surface area contributed by atoms with Crippen molar-refractivity contribution in [2.75, 3.05) is 0 Å². The second-order valence-corrected chi connectivity index (χ2v) is 8.03. The highest BCUT2D eigenvalue weighted by molar-refractivity contribution is 6.62. The molecule has 0 saturated carbocycles. The highest BCUT2D eigenvalue weighted by Crippen LogP contribution is 2.40. The molecule has 3 heterocycles. The van der Waals surface area contributed by atoms with E-state index in [9.17, 15) is 23.2 Å². The molecule has 0 spiro atoms. The van der Waals surface area contributed by atoms with E-state index >= 15 is 0 Å². The summed E-state index contributed by atoms with van der Waals surface area (Å²) < 4.78 is 56.9. The van der Waals surface area contributed by atoms with Crippen molar-refractivity contribution >= 4 is 25.4 Å². The summed E-state index contributed by atoms with van der Waals surface area (Å²) in [5.41, 5.74) is -1.94. The molecule has 1 aliphatic heterocycles. The summed E-state index contributed by atoms with van der Waals surface area (Å²) in [6, 6.07) is 4.09. The van der Waals surface area contributed by atoms with Crippen LogP contribution >= 0.6 is 0 Å². The van der Waals surface area contributed by atoms with Gasteiger partial charge in [0.05, 0.1) is 17.0 Å². The zero-order valence-corrected chi connectivity index (χ0v) is 16.8. The van der Waals surface area contributed by atoms with Crippen molar-refractivity contribution < 1.29 is 36.9 Å². The van der Waals surface area contributed by atoms with Crippen LogP contribution in [0.2, 0.25) is 0 Å². The molecule has 1 fully saturated rings. The van der Waals surface area contributed by atoms with Gasteiger partial charge in [0.2, 0.25) is 0 Å². The number of halogens is 3. The smallest absolute Gasteiger partial charge is 0.470 e. The minimum atomic E-state index is -4.58. The Balaban J connectivity index is 1.94. The van der Waals surface area contributed by atoms with Crippen LogP contribution in [0.5, 0.6) is 0 Å². The first-order valence-corrected chi connectivity index (χ1v) is 9.08. The van der Waals surface area contributed by atoms with Crippen molar-refractivity contribution in [3.8, 4) is 0 Å². The molecule has 0 radical (unpaired) electrons. The van der Waals surface area contributed by atoms with Crippen LogP contribution in [-0.4, -0.2) is 40.5 Å². The van der Waals surface area contributed by atoms with E-state index in [4.69, 9.17) is 13.7 Å². The lowest BCUT2D eigenvalue weighted by atomic mass is 9.77. The molecule has 6 nitrogen and oxygen atoms in total. The van der Waals surface area contributed by atoms with Crippen LogP contribution in [-0.2, 0) is 21.9 Å². The number of aromatic nitrogens is 1. The summed E-state index contributed by atoms with van der Waals surface area (Å²) >= 11 is 0. The van der Waals surface area contributed by atoms with Crippen molar-refractivity contribution in [2.24, 2.45) is 0 Å². The lowest BCUT2D eigenvalue weighted by Gasteiger charge is -2.36. The molecule has 1 unspecified atom stereocenters. The van der Waals surface area contributed by atoms with E-state index in [0.29, 0.717) is 11.3 Å². The third-order valence-corrected chi connectivity index (χ3v) is 5.31. The number of rotatable bonds is 4. The van der Waals surface area contributed by atoms with Crippen LogP contribution < -0.4 is 11.1 Å². The van der Waals surface area contributed by atoms with Gasteiger partial charge in [0, 0.05) is 12.1 Å². The Morgan fingerprint density at radius 2 is 1.76 bits per heavy atom. The van der Waals surface area contributed by atoms with Gasteiger partial charge < -0.3 is 23.8 Å². The monoisotopic (exact) mass is 411 g/mol. The van der Waals surface area contributed by atoms with Gasteiger partial charge in [0.25, 0.3) is 0 Å². The van der Waals surface area contributed by atoms with Crippen LogP contribution in [0.1, 0.15) is 43.5 Å². The molecule has 1 atom stereocenters. The maximum atomic E-state index is 13.1. The molecule has 29 heavy (non-hydrogen) atoms. The average molecular weight is 411 g/mol. The molecular weight excluding hydrogens is 389 g/mol.